The maximum Gasteiger partial charge on any atom is 0.287 e. The number of aryl methyl sites for hydroxylation is 1. The van der Waals surface area contributed by atoms with Crippen molar-refractivity contribution in [2.24, 2.45) is 21.7 Å². The molecule has 2 rings (SSSR count). The van der Waals surface area contributed by atoms with Crippen molar-refractivity contribution >= 4 is 17.6 Å². The van der Waals surface area contributed by atoms with Gasteiger partial charge in [-0.1, -0.05) is 0 Å². The summed E-state index contributed by atoms with van der Waals surface area (Å²) in [6.45, 7) is 5.66. The van der Waals surface area contributed by atoms with Gasteiger partial charge >= 0.3 is 0 Å². The Bertz CT molecular complexity index is 609. The number of carbonyl (C=O) groups is 1. The van der Waals surface area contributed by atoms with E-state index in [-0.39, 0.29) is 17.9 Å². The van der Waals surface area contributed by atoms with Crippen LogP contribution in [0.2, 0.25) is 0 Å². The van der Waals surface area contributed by atoms with Gasteiger partial charge in [-0.3, -0.25) is 4.79 Å². The molecule has 1 aromatic rings. The largest absolute Gasteiger partial charge is 0.455 e. The molecule has 0 saturated heterocycles. The number of hydrogen-bond donors (Lipinski definition) is 3. The van der Waals surface area contributed by atoms with E-state index < -0.39 is 0 Å². The highest BCUT2D eigenvalue weighted by molar-refractivity contribution is 6.06. The van der Waals surface area contributed by atoms with Gasteiger partial charge in [0.05, 0.1) is 5.71 Å². The number of nitrogens with zero attached hydrogens (tertiary/aromatic N) is 2. The number of nitrogens with two attached hydrogens (primary N) is 2. The van der Waals surface area contributed by atoms with Crippen molar-refractivity contribution in [3.63, 3.8) is 0 Å². The van der Waals surface area contributed by atoms with Crippen LogP contribution in [0.4, 0.5) is 0 Å². The van der Waals surface area contributed by atoms with Crippen LogP contribution in [0.15, 0.2) is 14.6 Å². The van der Waals surface area contributed by atoms with Crippen LogP contribution in [0.3, 0.4) is 0 Å². The Morgan fingerprint density at radius 3 is 2.67 bits per heavy atom. The number of rotatable bonds is 3. The lowest BCUT2D eigenvalue weighted by Gasteiger charge is -2.11. The summed E-state index contributed by atoms with van der Waals surface area (Å²) in [6.07, 6.45) is 2.44. The van der Waals surface area contributed by atoms with E-state index in [0.717, 1.165) is 41.9 Å². The molecule has 1 aliphatic carbocycles. The van der Waals surface area contributed by atoms with Crippen LogP contribution in [0.5, 0.6) is 0 Å². The van der Waals surface area contributed by atoms with E-state index in [9.17, 15) is 4.79 Å². The molecule has 1 aromatic heterocycles. The molecule has 1 amide bonds. The fraction of sp³-hybridized carbons (Fsp3) is 0.500. The molecule has 0 saturated carbocycles. The van der Waals surface area contributed by atoms with Crippen molar-refractivity contribution < 1.29 is 9.21 Å². The first-order chi connectivity index (χ1) is 9.90. The van der Waals surface area contributed by atoms with Gasteiger partial charge in [-0.2, -0.15) is 5.10 Å². The van der Waals surface area contributed by atoms with Gasteiger partial charge in [0, 0.05) is 23.6 Å². The van der Waals surface area contributed by atoms with Crippen molar-refractivity contribution in [3.8, 4) is 0 Å². The van der Waals surface area contributed by atoms with E-state index in [1.54, 1.807) is 0 Å². The third-order valence-electron chi connectivity index (χ3n) is 3.24. The van der Waals surface area contributed by atoms with Crippen LogP contribution in [-0.4, -0.2) is 23.6 Å². The quantitative estimate of drug-likeness (QED) is 0.438. The van der Waals surface area contributed by atoms with Crippen LogP contribution in [0.1, 0.15) is 54.1 Å². The lowest BCUT2D eigenvalue weighted by atomic mass is 9.93. The lowest BCUT2D eigenvalue weighted by Crippen LogP contribution is -2.30. The number of nitrogens with one attached hydrogen (secondary N) is 1. The summed E-state index contributed by atoms with van der Waals surface area (Å²) in [7, 11) is 0. The van der Waals surface area contributed by atoms with E-state index in [4.69, 9.17) is 15.9 Å². The maximum atomic E-state index is 12.2. The second-order valence-electron chi connectivity index (χ2n) is 5.41. The molecule has 0 aromatic carbocycles. The minimum absolute atomic E-state index is 0.0498. The van der Waals surface area contributed by atoms with Crippen LogP contribution in [0.25, 0.3) is 0 Å². The number of guanidine groups is 1. The summed E-state index contributed by atoms with van der Waals surface area (Å²) in [5.74, 6) is 0.817. The van der Waals surface area contributed by atoms with E-state index in [1.807, 2.05) is 20.8 Å². The Hall–Kier alpha value is -2.31. The predicted molar refractivity (Wildman–Crippen MR) is 81.3 cm³/mol. The smallest absolute Gasteiger partial charge is 0.287 e. The summed E-state index contributed by atoms with van der Waals surface area (Å²) in [5, 5.41) is 10.6. The van der Waals surface area contributed by atoms with Crippen molar-refractivity contribution in [3.05, 3.63) is 22.6 Å². The Kier molecular flexibility index (Phi) is 4.30. The normalized spacial score (nSPS) is 15.9. The fourth-order valence-electron chi connectivity index (χ4n) is 2.43. The lowest BCUT2D eigenvalue weighted by molar-refractivity contribution is 0.0912. The van der Waals surface area contributed by atoms with Gasteiger partial charge in [-0.05, 0) is 33.6 Å². The summed E-state index contributed by atoms with van der Waals surface area (Å²) in [4.78, 5) is 12.2. The first kappa shape index (κ1) is 15.1. The Balaban J connectivity index is 2.42. The van der Waals surface area contributed by atoms with Crippen LogP contribution >= 0.6 is 0 Å². The monoisotopic (exact) mass is 291 g/mol. The van der Waals surface area contributed by atoms with E-state index in [1.165, 1.54) is 0 Å². The minimum atomic E-state index is -0.210. The molecule has 7 nitrogen and oxygen atoms in total. The van der Waals surface area contributed by atoms with Crippen molar-refractivity contribution in [1.82, 2.24) is 5.32 Å². The number of carbonyl (C=O) groups excluding carboxylic acids is 1. The highest BCUT2D eigenvalue weighted by atomic mass is 16.4. The zero-order valence-electron chi connectivity index (χ0n) is 12.6. The summed E-state index contributed by atoms with van der Waals surface area (Å²) >= 11 is 0. The van der Waals surface area contributed by atoms with Gasteiger partial charge in [0.15, 0.2) is 5.76 Å². The third-order valence-corrected chi connectivity index (χ3v) is 3.24. The second-order valence-corrected chi connectivity index (χ2v) is 5.41. The average Bonchev–Trinajstić information content (AvgIpc) is 2.74. The molecule has 0 spiro atoms. The first-order valence-electron chi connectivity index (χ1n) is 6.99. The molecular weight excluding hydrogens is 270 g/mol. The van der Waals surface area contributed by atoms with Crippen molar-refractivity contribution in [1.29, 1.82) is 0 Å². The van der Waals surface area contributed by atoms with Gasteiger partial charge in [0.25, 0.3) is 5.91 Å². The molecule has 1 aliphatic rings. The molecule has 5 N–H and O–H groups in total. The highest BCUT2D eigenvalue weighted by Gasteiger charge is 2.28. The molecular formula is C14H21N5O2. The van der Waals surface area contributed by atoms with Crippen molar-refractivity contribution in [2.75, 3.05) is 0 Å². The van der Waals surface area contributed by atoms with Gasteiger partial charge in [0.2, 0.25) is 5.96 Å². The third kappa shape index (κ3) is 3.24. The molecule has 0 fully saturated rings. The zero-order valence-corrected chi connectivity index (χ0v) is 12.6. The standard InChI is InChI=1S/C14H21N5O2/c1-7(2)17-13(20)12-8(3)11-9(18-19-14(15)16)5-4-6-10(11)21-12/h7H,4-6H2,1-3H3,(H,17,20)(H4,15,16,19)/b18-9+. The molecule has 0 atom stereocenters. The average molecular weight is 291 g/mol. The second kappa shape index (κ2) is 5.99. The topological polar surface area (TPSA) is 119 Å². The maximum absolute atomic E-state index is 12.2. The molecule has 114 valence electrons. The molecule has 21 heavy (non-hydrogen) atoms. The highest BCUT2D eigenvalue weighted by Crippen LogP contribution is 2.30. The van der Waals surface area contributed by atoms with Gasteiger partial charge in [-0.15, -0.1) is 5.10 Å². The van der Waals surface area contributed by atoms with Crippen LogP contribution in [0, 0.1) is 6.92 Å². The van der Waals surface area contributed by atoms with E-state index in [0.29, 0.717) is 5.76 Å². The van der Waals surface area contributed by atoms with Gasteiger partial charge in [-0.25, -0.2) is 0 Å². The molecule has 0 radical (unpaired) electrons. The van der Waals surface area contributed by atoms with Gasteiger partial charge < -0.3 is 21.2 Å². The SMILES string of the molecule is Cc1c(C(=O)NC(C)C)oc2c1/C(=N/N=C(N)N)CCC2. The molecule has 1 heterocycles. The minimum Gasteiger partial charge on any atom is -0.455 e. The van der Waals surface area contributed by atoms with E-state index >= 15 is 0 Å². The summed E-state index contributed by atoms with van der Waals surface area (Å²) < 4.78 is 5.73. The Morgan fingerprint density at radius 2 is 2.05 bits per heavy atom. The summed E-state index contributed by atoms with van der Waals surface area (Å²) in [6, 6.07) is 0.0498. The number of fused-ring (bicyclic) bond motifs is 1. The van der Waals surface area contributed by atoms with Crippen LogP contribution in [-0.2, 0) is 6.42 Å². The Morgan fingerprint density at radius 1 is 1.33 bits per heavy atom. The number of furan rings is 1. The number of hydrogen-bond acceptors (Lipinski definition) is 4. The number of amides is 1. The molecule has 0 unspecified atom stereocenters. The zero-order chi connectivity index (χ0) is 15.6. The summed E-state index contributed by atoms with van der Waals surface area (Å²) in [5.41, 5.74) is 13.0. The molecule has 7 heteroatoms. The molecule has 0 bridgehead atoms. The molecule has 0 aliphatic heterocycles. The van der Waals surface area contributed by atoms with Gasteiger partial charge in [0.1, 0.15) is 5.76 Å². The van der Waals surface area contributed by atoms with E-state index in [2.05, 4.69) is 15.5 Å². The predicted octanol–water partition coefficient (Wildman–Crippen LogP) is 1.04. The first-order valence-corrected chi connectivity index (χ1v) is 6.99. The fourth-order valence-corrected chi connectivity index (χ4v) is 2.43. The van der Waals surface area contributed by atoms with Crippen LogP contribution < -0.4 is 16.8 Å². The van der Waals surface area contributed by atoms with Crippen molar-refractivity contribution in [2.45, 2.75) is 46.1 Å². The Labute approximate surface area is 123 Å².